The van der Waals surface area contributed by atoms with Crippen LogP contribution >= 0.6 is 0 Å². The van der Waals surface area contributed by atoms with Gasteiger partial charge in [-0.2, -0.15) is 5.10 Å². The van der Waals surface area contributed by atoms with Crippen molar-refractivity contribution in [2.45, 2.75) is 78.3 Å². The number of guanidine groups is 1. The molecule has 3 heterocycles. The van der Waals surface area contributed by atoms with E-state index in [-0.39, 0.29) is 5.69 Å². The number of likely N-dealkylation sites (tertiary alicyclic amines) is 1. The van der Waals surface area contributed by atoms with E-state index in [0.717, 1.165) is 63.6 Å². The highest BCUT2D eigenvalue weighted by Gasteiger charge is 2.31. The summed E-state index contributed by atoms with van der Waals surface area (Å²) in [5, 5.41) is 8.01. The second kappa shape index (κ2) is 8.93. The first kappa shape index (κ1) is 20.0. The standard InChI is InChI=1S/C20H36N6O/c1-4-10-20(2)11-7-13-24(16-20)18(21-3)22-12-8-15-26-19(27)25-14-6-5-9-17(25)23-26/h4-16H2,1-3H3,(H,21,22). The zero-order valence-electron chi connectivity index (χ0n) is 17.3. The highest BCUT2D eigenvalue weighted by Crippen LogP contribution is 2.33. The number of fused-ring (bicyclic) bond motifs is 1. The molecule has 2 aliphatic rings. The van der Waals surface area contributed by atoms with Crippen molar-refractivity contribution in [3.63, 3.8) is 0 Å². The van der Waals surface area contributed by atoms with Crippen LogP contribution in [0.5, 0.6) is 0 Å². The molecule has 0 bridgehead atoms. The highest BCUT2D eigenvalue weighted by molar-refractivity contribution is 5.80. The van der Waals surface area contributed by atoms with Gasteiger partial charge in [0.25, 0.3) is 0 Å². The van der Waals surface area contributed by atoms with Crippen LogP contribution in [0.25, 0.3) is 0 Å². The van der Waals surface area contributed by atoms with Crippen LogP contribution in [-0.2, 0) is 19.5 Å². The average molecular weight is 377 g/mol. The number of hydrogen-bond acceptors (Lipinski definition) is 3. The molecule has 3 rings (SSSR count). The van der Waals surface area contributed by atoms with Gasteiger partial charge in [0, 0.05) is 46.2 Å². The lowest BCUT2D eigenvalue weighted by Gasteiger charge is -2.42. The maximum atomic E-state index is 12.4. The molecule has 1 atom stereocenters. The van der Waals surface area contributed by atoms with E-state index >= 15 is 0 Å². The van der Waals surface area contributed by atoms with Gasteiger partial charge >= 0.3 is 5.69 Å². The molecule has 1 aromatic heterocycles. The minimum absolute atomic E-state index is 0.0560. The van der Waals surface area contributed by atoms with Crippen LogP contribution in [0.2, 0.25) is 0 Å². The molecule has 7 heteroatoms. The first-order valence-electron chi connectivity index (χ1n) is 10.7. The van der Waals surface area contributed by atoms with E-state index < -0.39 is 0 Å². The zero-order chi connectivity index (χ0) is 19.3. The van der Waals surface area contributed by atoms with Gasteiger partial charge in [-0.3, -0.25) is 9.56 Å². The van der Waals surface area contributed by atoms with Gasteiger partial charge in [-0.1, -0.05) is 20.3 Å². The summed E-state index contributed by atoms with van der Waals surface area (Å²) in [6, 6.07) is 0. The van der Waals surface area contributed by atoms with Gasteiger partial charge in [0.1, 0.15) is 5.82 Å². The minimum atomic E-state index is 0.0560. The van der Waals surface area contributed by atoms with E-state index in [4.69, 9.17) is 0 Å². The second-order valence-electron chi connectivity index (χ2n) is 8.44. The van der Waals surface area contributed by atoms with E-state index in [1.54, 1.807) is 4.68 Å². The van der Waals surface area contributed by atoms with Gasteiger partial charge in [-0.15, -0.1) is 0 Å². The molecule has 7 nitrogen and oxygen atoms in total. The summed E-state index contributed by atoms with van der Waals surface area (Å²) in [6.07, 6.45) is 9.07. The monoisotopic (exact) mass is 376 g/mol. The fraction of sp³-hybridized carbons (Fsp3) is 0.850. The van der Waals surface area contributed by atoms with Crippen molar-refractivity contribution in [2.75, 3.05) is 26.7 Å². The molecule has 2 aliphatic heterocycles. The Labute approximate surface area is 162 Å². The molecule has 0 amide bonds. The predicted molar refractivity (Wildman–Crippen MR) is 109 cm³/mol. The summed E-state index contributed by atoms with van der Waals surface area (Å²) in [7, 11) is 1.86. The topological polar surface area (TPSA) is 67.5 Å². The third kappa shape index (κ3) is 4.74. The number of nitrogens with one attached hydrogen (secondary N) is 1. The summed E-state index contributed by atoms with van der Waals surface area (Å²) in [5.74, 6) is 1.95. The lowest BCUT2D eigenvalue weighted by atomic mass is 9.78. The van der Waals surface area contributed by atoms with E-state index in [2.05, 4.69) is 34.2 Å². The summed E-state index contributed by atoms with van der Waals surface area (Å²) >= 11 is 0. The molecule has 0 saturated carbocycles. The van der Waals surface area contributed by atoms with Crippen LogP contribution in [0, 0.1) is 5.41 Å². The van der Waals surface area contributed by atoms with Crippen molar-refractivity contribution < 1.29 is 0 Å². The number of piperidine rings is 1. The quantitative estimate of drug-likeness (QED) is 0.470. The molecule has 0 spiro atoms. The summed E-state index contributed by atoms with van der Waals surface area (Å²) in [6.45, 7) is 9.12. The molecule has 0 radical (unpaired) electrons. The van der Waals surface area contributed by atoms with Gasteiger partial charge in [-0.25, -0.2) is 9.48 Å². The molecule has 1 saturated heterocycles. The molecule has 1 fully saturated rings. The number of hydrogen-bond donors (Lipinski definition) is 1. The lowest BCUT2D eigenvalue weighted by Crippen LogP contribution is -2.50. The molecule has 1 N–H and O–H groups in total. The summed E-state index contributed by atoms with van der Waals surface area (Å²) < 4.78 is 3.49. The first-order chi connectivity index (χ1) is 13.1. The SMILES string of the molecule is CCCC1(C)CCCN(C(=NC)NCCCn2nc3n(c2=O)CCCC3)C1. The lowest BCUT2D eigenvalue weighted by molar-refractivity contribution is 0.142. The molecular weight excluding hydrogens is 340 g/mol. The largest absolute Gasteiger partial charge is 0.356 e. The van der Waals surface area contributed by atoms with Crippen LogP contribution in [0.3, 0.4) is 0 Å². The van der Waals surface area contributed by atoms with Crippen molar-refractivity contribution in [3.8, 4) is 0 Å². The van der Waals surface area contributed by atoms with Crippen LogP contribution < -0.4 is 11.0 Å². The van der Waals surface area contributed by atoms with Crippen molar-refractivity contribution in [1.82, 2.24) is 24.6 Å². The second-order valence-corrected chi connectivity index (χ2v) is 8.44. The number of aryl methyl sites for hydroxylation is 2. The Morgan fingerprint density at radius 1 is 1.30 bits per heavy atom. The third-order valence-corrected chi connectivity index (χ3v) is 6.01. The number of nitrogens with zero attached hydrogens (tertiary/aromatic N) is 5. The van der Waals surface area contributed by atoms with E-state index in [1.165, 1.54) is 25.7 Å². The summed E-state index contributed by atoms with van der Waals surface area (Å²) in [5.41, 5.74) is 0.452. The van der Waals surface area contributed by atoms with Crippen LogP contribution in [-0.4, -0.2) is 51.9 Å². The molecule has 1 unspecified atom stereocenters. The van der Waals surface area contributed by atoms with E-state index in [9.17, 15) is 4.79 Å². The van der Waals surface area contributed by atoms with Crippen molar-refractivity contribution >= 4 is 5.96 Å². The fourth-order valence-corrected chi connectivity index (χ4v) is 4.66. The number of rotatable bonds is 6. The van der Waals surface area contributed by atoms with Crippen LogP contribution in [0.15, 0.2) is 9.79 Å². The first-order valence-corrected chi connectivity index (χ1v) is 10.7. The van der Waals surface area contributed by atoms with Gasteiger partial charge in [0.15, 0.2) is 5.96 Å². The van der Waals surface area contributed by atoms with Gasteiger partial charge in [0.05, 0.1) is 0 Å². The Hall–Kier alpha value is -1.79. The average Bonchev–Trinajstić information content (AvgIpc) is 2.98. The molecule has 152 valence electrons. The van der Waals surface area contributed by atoms with E-state index in [0.29, 0.717) is 12.0 Å². The molecular formula is C20H36N6O. The van der Waals surface area contributed by atoms with Crippen LogP contribution in [0.1, 0.15) is 64.6 Å². The van der Waals surface area contributed by atoms with Gasteiger partial charge in [0.2, 0.25) is 0 Å². The molecule has 27 heavy (non-hydrogen) atoms. The molecule has 0 aromatic carbocycles. The normalized spacial score (nSPS) is 23.4. The Balaban J connectivity index is 1.49. The number of aromatic nitrogens is 3. The maximum absolute atomic E-state index is 12.4. The Bertz CT molecular complexity index is 702. The van der Waals surface area contributed by atoms with Gasteiger partial charge < -0.3 is 10.2 Å². The van der Waals surface area contributed by atoms with Crippen LogP contribution in [0.4, 0.5) is 0 Å². The smallest absolute Gasteiger partial charge is 0.345 e. The van der Waals surface area contributed by atoms with Crippen molar-refractivity contribution in [3.05, 3.63) is 16.3 Å². The fourth-order valence-electron chi connectivity index (χ4n) is 4.66. The zero-order valence-corrected chi connectivity index (χ0v) is 17.3. The Kier molecular flexibility index (Phi) is 6.60. The third-order valence-electron chi connectivity index (χ3n) is 6.01. The van der Waals surface area contributed by atoms with E-state index in [1.807, 2.05) is 11.6 Å². The van der Waals surface area contributed by atoms with Gasteiger partial charge in [-0.05, 0) is 43.9 Å². The number of aliphatic imine (C=N–C) groups is 1. The Morgan fingerprint density at radius 3 is 2.89 bits per heavy atom. The maximum Gasteiger partial charge on any atom is 0.345 e. The Morgan fingerprint density at radius 2 is 2.15 bits per heavy atom. The van der Waals surface area contributed by atoms with Crippen molar-refractivity contribution in [2.24, 2.45) is 10.4 Å². The summed E-state index contributed by atoms with van der Waals surface area (Å²) in [4.78, 5) is 19.3. The molecule has 1 aromatic rings. The highest BCUT2D eigenvalue weighted by atomic mass is 16.2. The molecule has 0 aliphatic carbocycles. The predicted octanol–water partition coefficient (Wildman–Crippen LogP) is 2.25. The minimum Gasteiger partial charge on any atom is -0.356 e. The van der Waals surface area contributed by atoms with Crippen molar-refractivity contribution in [1.29, 1.82) is 0 Å².